The first-order valence-corrected chi connectivity index (χ1v) is 7.03. The number of aromatic nitrogens is 2. The SMILES string of the molecule is C/C(Cn1nc([N+](=O)[O-])cc1C)=N/NC(=O)c1ccccc1Cl. The van der Waals surface area contributed by atoms with Crippen molar-refractivity contribution >= 4 is 29.0 Å². The third kappa shape index (κ3) is 4.13. The van der Waals surface area contributed by atoms with E-state index in [4.69, 9.17) is 11.6 Å². The van der Waals surface area contributed by atoms with Crippen molar-refractivity contribution in [2.75, 3.05) is 0 Å². The predicted molar refractivity (Wildman–Crippen MR) is 85.6 cm³/mol. The number of benzene rings is 1. The monoisotopic (exact) mass is 335 g/mol. The predicted octanol–water partition coefficient (Wildman–Crippen LogP) is 2.56. The van der Waals surface area contributed by atoms with Crippen LogP contribution in [0.25, 0.3) is 0 Å². The molecule has 0 aliphatic carbocycles. The highest BCUT2D eigenvalue weighted by molar-refractivity contribution is 6.33. The molecule has 0 aliphatic rings. The number of hydrogen-bond donors (Lipinski definition) is 1. The van der Waals surface area contributed by atoms with Gasteiger partial charge in [-0.3, -0.25) is 4.79 Å². The lowest BCUT2D eigenvalue weighted by Crippen LogP contribution is -2.21. The zero-order valence-electron chi connectivity index (χ0n) is 12.5. The standard InChI is InChI=1S/C14H14ClN5O3/c1-9(8-19-10(2)7-13(18-19)20(22)23)16-17-14(21)11-5-3-4-6-12(11)15/h3-7H,8H2,1-2H3,(H,17,21)/b16-9-. The van der Waals surface area contributed by atoms with E-state index in [1.165, 1.54) is 10.7 Å². The van der Waals surface area contributed by atoms with Crippen molar-refractivity contribution in [3.63, 3.8) is 0 Å². The van der Waals surface area contributed by atoms with Crippen LogP contribution in [0.3, 0.4) is 0 Å². The van der Waals surface area contributed by atoms with Crippen molar-refractivity contribution in [1.82, 2.24) is 15.2 Å². The fourth-order valence-electron chi connectivity index (χ4n) is 1.85. The van der Waals surface area contributed by atoms with E-state index in [9.17, 15) is 14.9 Å². The molecule has 120 valence electrons. The number of nitrogens with zero attached hydrogens (tertiary/aromatic N) is 4. The van der Waals surface area contributed by atoms with Crippen LogP contribution < -0.4 is 5.43 Å². The van der Waals surface area contributed by atoms with Crippen LogP contribution in [0.5, 0.6) is 0 Å². The summed E-state index contributed by atoms with van der Waals surface area (Å²) in [5, 5.41) is 18.8. The third-order valence-corrected chi connectivity index (χ3v) is 3.33. The Bertz CT molecular complexity index is 784. The Morgan fingerprint density at radius 3 is 2.78 bits per heavy atom. The Morgan fingerprint density at radius 2 is 2.17 bits per heavy atom. The first kappa shape index (κ1) is 16.6. The molecule has 9 heteroatoms. The molecule has 8 nitrogen and oxygen atoms in total. The number of aryl methyl sites for hydroxylation is 1. The molecule has 1 aromatic heterocycles. The second-order valence-corrected chi connectivity index (χ2v) is 5.23. The van der Waals surface area contributed by atoms with Gasteiger partial charge in [-0.2, -0.15) is 9.78 Å². The number of nitro groups is 1. The Morgan fingerprint density at radius 1 is 1.48 bits per heavy atom. The summed E-state index contributed by atoms with van der Waals surface area (Å²) in [4.78, 5) is 22.1. The number of hydrazone groups is 1. The molecule has 1 aromatic carbocycles. The summed E-state index contributed by atoms with van der Waals surface area (Å²) in [7, 11) is 0. The molecule has 2 rings (SSSR count). The van der Waals surface area contributed by atoms with Gasteiger partial charge in [-0.25, -0.2) is 5.43 Å². The van der Waals surface area contributed by atoms with Crippen molar-refractivity contribution in [3.8, 4) is 0 Å². The second-order valence-electron chi connectivity index (χ2n) is 4.83. The van der Waals surface area contributed by atoms with Crippen LogP contribution in [0.1, 0.15) is 23.0 Å². The number of carbonyl (C=O) groups is 1. The average Bonchev–Trinajstić information content (AvgIpc) is 2.87. The molecule has 0 unspecified atom stereocenters. The quantitative estimate of drug-likeness (QED) is 0.515. The maximum absolute atomic E-state index is 12.0. The van der Waals surface area contributed by atoms with Crippen LogP contribution >= 0.6 is 11.6 Å². The molecule has 23 heavy (non-hydrogen) atoms. The van der Waals surface area contributed by atoms with E-state index < -0.39 is 10.8 Å². The average molecular weight is 336 g/mol. The van der Waals surface area contributed by atoms with E-state index in [1.54, 1.807) is 38.1 Å². The largest absolute Gasteiger partial charge is 0.390 e. The molecule has 0 saturated heterocycles. The normalized spacial score (nSPS) is 11.3. The lowest BCUT2D eigenvalue weighted by atomic mass is 10.2. The molecule has 1 amide bonds. The summed E-state index contributed by atoms with van der Waals surface area (Å²) in [5.74, 6) is -0.659. The second kappa shape index (κ2) is 7.01. The fourth-order valence-corrected chi connectivity index (χ4v) is 2.07. The lowest BCUT2D eigenvalue weighted by molar-refractivity contribution is -0.389. The Kier molecular flexibility index (Phi) is 5.07. The van der Waals surface area contributed by atoms with E-state index >= 15 is 0 Å². The van der Waals surface area contributed by atoms with Crippen LogP contribution in [-0.4, -0.2) is 26.3 Å². The summed E-state index contributed by atoms with van der Waals surface area (Å²) in [5.41, 5.74) is 3.88. The Hall–Kier alpha value is -2.74. The molecule has 0 atom stereocenters. The van der Waals surface area contributed by atoms with Gasteiger partial charge in [-0.05, 0) is 30.9 Å². The highest BCUT2D eigenvalue weighted by atomic mass is 35.5. The number of rotatable bonds is 5. The van der Waals surface area contributed by atoms with E-state index in [2.05, 4.69) is 15.6 Å². The van der Waals surface area contributed by atoms with Gasteiger partial charge in [-0.1, -0.05) is 23.7 Å². The topological polar surface area (TPSA) is 102 Å². The van der Waals surface area contributed by atoms with Crippen molar-refractivity contribution in [2.45, 2.75) is 20.4 Å². The fraction of sp³-hybridized carbons (Fsp3) is 0.214. The minimum atomic E-state index is -0.560. The zero-order chi connectivity index (χ0) is 17.0. The van der Waals surface area contributed by atoms with Gasteiger partial charge >= 0.3 is 5.82 Å². The number of halogens is 1. The molecule has 0 aliphatic heterocycles. The molecule has 0 fully saturated rings. The highest BCUT2D eigenvalue weighted by Crippen LogP contribution is 2.14. The van der Waals surface area contributed by atoms with E-state index in [0.29, 0.717) is 22.0 Å². The van der Waals surface area contributed by atoms with Crippen LogP contribution in [-0.2, 0) is 6.54 Å². The van der Waals surface area contributed by atoms with Crippen LogP contribution in [0.4, 0.5) is 5.82 Å². The molecule has 1 heterocycles. The van der Waals surface area contributed by atoms with Crippen LogP contribution in [0.2, 0.25) is 5.02 Å². The molecule has 0 saturated carbocycles. The van der Waals surface area contributed by atoms with Crippen molar-refractivity contribution in [2.24, 2.45) is 5.10 Å². The van der Waals surface area contributed by atoms with Crippen molar-refractivity contribution in [3.05, 3.63) is 56.7 Å². The van der Waals surface area contributed by atoms with Gasteiger partial charge in [0.1, 0.15) is 6.54 Å². The van der Waals surface area contributed by atoms with Gasteiger partial charge in [0.2, 0.25) is 0 Å². The van der Waals surface area contributed by atoms with E-state index in [0.717, 1.165) is 0 Å². The van der Waals surface area contributed by atoms with E-state index in [1.807, 2.05) is 0 Å². The molecule has 0 bridgehead atoms. The molecule has 0 radical (unpaired) electrons. The number of hydrogen-bond acceptors (Lipinski definition) is 5. The summed E-state index contributed by atoms with van der Waals surface area (Å²) >= 11 is 5.93. The van der Waals surface area contributed by atoms with Gasteiger partial charge in [0.25, 0.3) is 5.91 Å². The van der Waals surface area contributed by atoms with Gasteiger partial charge in [0.15, 0.2) is 0 Å². The Balaban J connectivity index is 2.05. The van der Waals surface area contributed by atoms with Crippen LogP contribution in [0.15, 0.2) is 35.4 Å². The first-order valence-electron chi connectivity index (χ1n) is 6.65. The summed E-state index contributed by atoms with van der Waals surface area (Å²) < 4.78 is 1.44. The summed E-state index contributed by atoms with van der Waals surface area (Å²) in [6, 6.07) is 7.99. The van der Waals surface area contributed by atoms with Crippen molar-refractivity contribution < 1.29 is 9.72 Å². The smallest absolute Gasteiger partial charge is 0.358 e. The maximum atomic E-state index is 12.0. The maximum Gasteiger partial charge on any atom is 0.390 e. The number of carbonyl (C=O) groups excluding carboxylic acids is 1. The number of nitrogens with one attached hydrogen (secondary N) is 1. The van der Waals surface area contributed by atoms with Gasteiger partial charge in [0, 0.05) is 0 Å². The minimum Gasteiger partial charge on any atom is -0.358 e. The Labute approximate surface area is 136 Å². The van der Waals surface area contributed by atoms with Gasteiger partial charge in [-0.15, -0.1) is 0 Å². The lowest BCUT2D eigenvalue weighted by Gasteiger charge is -2.04. The number of amides is 1. The minimum absolute atomic E-state index is 0.225. The summed E-state index contributed by atoms with van der Waals surface area (Å²) in [6.45, 7) is 3.61. The molecular weight excluding hydrogens is 322 g/mol. The first-order chi connectivity index (χ1) is 10.9. The van der Waals surface area contributed by atoms with Crippen molar-refractivity contribution in [1.29, 1.82) is 0 Å². The van der Waals surface area contributed by atoms with E-state index in [-0.39, 0.29) is 12.4 Å². The molecular formula is C14H14ClN5O3. The van der Waals surface area contributed by atoms with Gasteiger partial charge < -0.3 is 10.1 Å². The van der Waals surface area contributed by atoms with Crippen LogP contribution in [0, 0.1) is 17.0 Å². The highest BCUT2D eigenvalue weighted by Gasteiger charge is 2.16. The third-order valence-electron chi connectivity index (χ3n) is 3.00. The zero-order valence-corrected chi connectivity index (χ0v) is 13.2. The molecule has 2 aromatic rings. The molecule has 1 N–H and O–H groups in total. The summed E-state index contributed by atoms with van der Waals surface area (Å²) in [6.07, 6.45) is 0. The van der Waals surface area contributed by atoms with Gasteiger partial charge in [0.05, 0.1) is 33.2 Å². The molecule has 0 spiro atoms.